The van der Waals surface area contributed by atoms with Crippen LogP contribution in [0.2, 0.25) is 5.02 Å². The number of hydrogen-bond donors (Lipinski definition) is 3. The molecule has 2 aromatic carbocycles. The fourth-order valence-corrected chi connectivity index (χ4v) is 3.23. The number of hydrazone groups is 1. The number of carbonyl (C=O) groups excluding carboxylic acids is 2. The van der Waals surface area contributed by atoms with Crippen LogP contribution >= 0.6 is 11.6 Å². The molecule has 34 heavy (non-hydrogen) atoms. The molecule has 9 nitrogen and oxygen atoms in total. The minimum atomic E-state index is -1.15. The normalized spacial score (nSPS) is 11.7. The van der Waals surface area contributed by atoms with Gasteiger partial charge in [-0.3, -0.25) is 4.79 Å². The van der Waals surface area contributed by atoms with Gasteiger partial charge in [0.25, 0.3) is 5.91 Å². The monoisotopic (exact) mass is 483 g/mol. The molecule has 0 aliphatic heterocycles. The number of ether oxygens (including phenoxy) is 1. The molecular weight excluding hydrogens is 462 g/mol. The van der Waals surface area contributed by atoms with Gasteiger partial charge in [0.15, 0.2) is 0 Å². The first kappa shape index (κ1) is 24.5. The third-order valence-corrected chi connectivity index (χ3v) is 4.97. The minimum Gasteiger partial charge on any atom is -0.478 e. The molecular formula is C24H22ClN3O6. The second-order valence-corrected chi connectivity index (χ2v) is 7.45. The largest absolute Gasteiger partial charge is 0.478 e. The number of aromatic carboxylic acids is 1. The Balaban J connectivity index is 1.67. The van der Waals surface area contributed by atoms with Crippen LogP contribution in [0, 0.1) is 0 Å². The highest BCUT2D eigenvalue weighted by atomic mass is 35.5. The standard InChI is InChI=1S/C24H22ClN3O6/c1-2-33-24(32)27-20(12-15-6-4-3-5-7-15)22(29)28-26-14-17-9-11-21(34-17)16-8-10-19(25)18(13-16)23(30)31/h3-11,13-14,20H,2,12H2,1H3,(H,27,32)(H,28,29)(H,30,31)/b26-14-/t20-/m0/s1. The molecule has 10 heteroatoms. The Morgan fingerprint density at radius 1 is 1.15 bits per heavy atom. The number of alkyl carbamates (subject to hydrolysis) is 1. The highest BCUT2D eigenvalue weighted by Crippen LogP contribution is 2.26. The minimum absolute atomic E-state index is 0.0448. The van der Waals surface area contributed by atoms with Crippen molar-refractivity contribution in [2.24, 2.45) is 5.10 Å². The maximum absolute atomic E-state index is 12.6. The van der Waals surface area contributed by atoms with E-state index in [0.29, 0.717) is 17.1 Å². The maximum Gasteiger partial charge on any atom is 0.407 e. The molecule has 3 rings (SSSR count). The third-order valence-electron chi connectivity index (χ3n) is 4.64. The van der Waals surface area contributed by atoms with E-state index in [1.807, 2.05) is 30.3 Å². The molecule has 1 heterocycles. The number of carboxylic acid groups (broad SMARTS) is 1. The van der Waals surface area contributed by atoms with Crippen molar-refractivity contribution >= 4 is 35.8 Å². The summed E-state index contributed by atoms with van der Waals surface area (Å²) in [4.78, 5) is 35.8. The number of nitrogens with zero attached hydrogens (tertiary/aromatic N) is 1. The summed E-state index contributed by atoms with van der Waals surface area (Å²) < 4.78 is 10.5. The van der Waals surface area contributed by atoms with Crippen LogP contribution < -0.4 is 10.7 Å². The van der Waals surface area contributed by atoms with Crippen molar-refractivity contribution in [2.75, 3.05) is 6.61 Å². The van der Waals surface area contributed by atoms with Gasteiger partial charge in [-0.15, -0.1) is 0 Å². The lowest BCUT2D eigenvalue weighted by atomic mass is 10.1. The lowest BCUT2D eigenvalue weighted by Gasteiger charge is -2.16. The number of amides is 2. The van der Waals surface area contributed by atoms with Gasteiger partial charge in [-0.2, -0.15) is 5.10 Å². The van der Waals surface area contributed by atoms with Crippen molar-refractivity contribution in [2.45, 2.75) is 19.4 Å². The fraction of sp³-hybridized carbons (Fsp3) is 0.167. The van der Waals surface area contributed by atoms with Crippen LogP contribution in [0.25, 0.3) is 11.3 Å². The second-order valence-electron chi connectivity index (χ2n) is 7.04. The van der Waals surface area contributed by atoms with Gasteiger partial charge in [-0.25, -0.2) is 15.0 Å². The first-order chi connectivity index (χ1) is 16.4. The topological polar surface area (TPSA) is 130 Å². The molecule has 3 N–H and O–H groups in total. The molecule has 0 spiro atoms. The van der Waals surface area contributed by atoms with Crippen molar-refractivity contribution in [1.29, 1.82) is 0 Å². The average molecular weight is 484 g/mol. The molecule has 0 fully saturated rings. The predicted octanol–water partition coefficient (Wildman–Crippen LogP) is 4.11. The van der Waals surface area contributed by atoms with E-state index in [0.717, 1.165) is 5.56 Å². The molecule has 0 radical (unpaired) electrons. The van der Waals surface area contributed by atoms with E-state index >= 15 is 0 Å². The van der Waals surface area contributed by atoms with E-state index in [2.05, 4.69) is 15.8 Å². The summed E-state index contributed by atoms with van der Waals surface area (Å²) in [6.07, 6.45) is 0.829. The van der Waals surface area contributed by atoms with Gasteiger partial charge in [0.1, 0.15) is 17.6 Å². The summed E-state index contributed by atoms with van der Waals surface area (Å²) in [5.41, 5.74) is 3.71. The molecule has 0 saturated heterocycles. The van der Waals surface area contributed by atoms with Crippen LogP contribution in [-0.4, -0.2) is 41.9 Å². The number of benzene rings is 2. The molecule has 3 aromatic rings. The van der Waals surface area contributed by atoms with Crippen molar-refractivity contribution in [3.63, 3.8) is 0 Å². The second kappa shape index (κ2) is 11.7. The van der Waals surface area contributed by atoms with Gasteiger partial charge in [-0.05, 0) is 42.8 Å². The van der Waals surface area contributed by atoms with Gasteiger partial charge in [0.2, 0.25) is 0 Å². The lowest BCUT2D eigenvalue weighted by molar-refractivity contribution is -0.123. The first-order valence-electron chi connectivity index (χ1n) is 10.3. The van der Waals surface area contributed by atoms with Gasteiger partial charge in [-0.1, -0.05) is 41.9 Å². The molecule has 1 atom stereocenters. The van der Waals surface area contributed by atoms with Crippen molar-refractivity contribution < 1.29 is 28.6 Å². The van der Waals surface area contributed by atoms with Gasteiger partial charge in [0.05, 0.1) is 23.4 Å². The Hall–Kier alpha value is -4.11. The summed E-state index contributed by atoms with van der Waals surface area (Å²) in [7, 11) is 0. The number of halogens is 1. The van der Waals surface area contributed by atoms with E-state index in [1.165, 1.54) is 18.3 Å². The van der Waals surface area contributed by atoms with E-state index in [1.54, 1.807) is 25.1 Å². The molecule has 0 unspecified atom stereocenters. The van der Waals surface area contributed by atoms with Gasteiger partial charge < -0.3 is 19.6 Å². The number of rotatable bonds is 9. The predicted molar refractivity (Wildman–Crippen MR) is 126 cm³/mol. The summed E-state index contributed by atoms with van der Waals surface area (Å²) in [5, 5.41) is 15.8. The summed E-state index contributed by atoms with van der Waals surface area (Å²) in [6.45, 7) is 1.84. The Bertz CT molecular complexity index is 1190. The number of nitrogens with one attached hydrogen (secondary N) is 2. The quantitative estimate of drug-likeness (QED) is 0.310. The van der Waals surface area contributed by atoms with Crippen molar-refractivity contribution in [3.05, 3.63) is 82.6 Å². The Morgan fingerprint density at radius 2 is 1.91 bits per heavy atom. The Kier molecular flexibility index (Phi) is 8.42. The molecule has 0 aliphatic rings. The van der Waals surface area contributed by atoms with Crippen molar-refractivity contribution in [1.82, 2.24) is 10.7 Å². The van der Waals surface area contributed by atoms with Crippen LogP contribution in [0.5, 0.6) is 0 Å². The van der Waals surface area contributed by atoms with Crippen LogP contribution in [0.4, 0.5) is 4.79 Å². The highest BCUT2D eigenvalue weighted by molar-refractivity contribution is 6.33. The van der Waals surface area contributed by atoms with E-state index in [4.69, 9.17) is 20.8 Å². The summed E-state index contributed by atoms with van der Waals surface area (Å²) >= 11 is 5.90. The Morgan fingerprint density at radius 3 is 2.62 bits per heavy atom. The van der Waals surface area contributed by atoms with E-state index in [9.17, 15) is 19.5 Å². The zero-order valence-corrected chi connectivity index (χ0v) is 18.9. The van der Waals surface area contributed by atoms with Crippen LogP contribution in [0.1, 0.15) is 28.6 Å². The zero-order valence-electron chi connectivity index (χ0n) is 18.2. The van der Waals surface area contributed by atoms with Gasteiger partial charge >= 0.3 is 12.1 Å². The molecule has 1 aromatic heterocycles. The number of furan rings is 1. The van der Waals surface area contributed by atoms with E-state index < -0.39 is 24.0 Å². The van der Waals surface area contributed by atoms with E-state index in [-0.39, 0.29) is 23.6 Å². The number of carbonyl (C=O) groups is 3. The number of hydrogen-bond acceptors (Lipinski definition) is 6. The zero-order chi connectivity index (χ0) is 24.5. The molecule has 0 bridgehead atoms. The first-order valence-corrected chi connectivity index (χ1v) is 10.7. The summed E-state index contributed by atoms with van der Waals surface area (Å²) in [6, 6.07) is 16.0. The lowest BCUT2D eigenvalue weighted by Crippen LogP contribution is -2.47. The maximum atomic E-state index is 12.6. The third kappa shape index (κ3) is 6.69. The fourth-order valence-electron chi connectivity index (χ4n) is 3.03. The van der Waals surface area contributed by atoms with Crippen LogP contribution in [0.15, 0.2) is 70.2 Å². The molecule has 2 amide bonds. The molecule has 0 saturated carbocycles. The molecule has 176 valence electrons. The van der Waals surface area contributed by atoms with Crippen LogP contribution in [-0.2, 0) is 16.0 Å². The SMILES string of the molecule is CCOC(=O)N[C@@H](Cc1ccccc1)C(=O)N/N=C\c1ccc(-c2ccc(Cl)c(C(=O)O)c2)o1. The highest BCUT2D eigenvalue weighted by Gasteiger charge is 2.21. The number of carboxylic acids is 1. The summed E-state index contributed by atoms with van der Waals surface area (Å²) in [5.74, 6) is -0.967. The molecule has 0 aliphatic carbocycles. The average Bonchev–Trinajstić information content (AvgIpc) is 3.28. The van der Waals surface area contributed by atoms with Crippen molar-refractivity contribution in [3.8, 4) is 11.3 Å². The smallest absolute Gasteiger partial charge is 0.407 e. The Labute approximate surface area is 200 Å². The van der Waals surface area contributed by atoms with Gasteiger partial charge in [0, 0.05) is 12.0 Å². The van der Waals surface area contributed by atoms with Crippen LogP contribution in [0.3, 0.4) is 0 Å².